The molecule has 0 aromatic carbocycles. The van der Waals surface area contributed by atoms with Gasteiger partial charge in [-0.1, -0.05) is 13.8 Å². The fraction of sp³-hybridized carbons (Fsp3) is 0.667. The third-order valence-corrected chi connectivity index (χ3v) is 7.82. The molecular formula is C30H48N8O13. The largest absolute Gasteiger partial charge is 0.481 e. The Morgan fingerprint density at radius 1 is 0.725 bits per heavy atom. The first-order chi connectivity index (χ1) is 23.7. The molecule has 0 aliphatic carbocycles. The molecule has 1 heterocycles. The van der Waals surface area contributed by atoms with Crippen LogP contribution in [0.5, 0.6) is 0 Å². The quantitative estimate of drug-likeness (QED) is 0.0534. The van der Waals surface area contributed by atoms with Crippen LogP contribution < -0.4 is 38.1 Å². The highest BCUT2D eigenvalue weighted by Crippen LogP contribution is 2.20. The molecule has 0 unspecified atom stereocenters. The predicted molar refractivity (Wildman–Crippen MR) is 173 cm³/mol. The number of hydrogen-bond donors (Lipinski definition) is 10. The smallest absolute Gasteiger partial charge is 0.303 e. The molecule has 286 valence electrons. The molecule has 7 atom stereocenters. The van der Waals surface area contributed by atoms with Crippen molar-refractivity contribution in [2.45, 2.75) is 115 Å². The predicted octanol–water partition coefficient (Wildman–Crippen LogP) is -4.45. The first-order valence-electron chi connectivity index (χ1n) is 16.1. The van der Waals surface area contributed by atoms with E-state index in [-0.39, 0.29) is 25.8 Å². The molecule has 0 radical (unpaired) electrons. The Kier molecular flexibility index (Phi) is 17.4. The molecule has 12 N–H and O–H groups in total. The highest BCUT2D eigenvalue weighted by Gasteiger charge is 2.41. The Bertz CT molecular complexity index is 1350. The molecule has 21 heteroatoms. The molecule has 51 heavy (non-hydrogen) atoms. The Hall–Kier alpha value is -5.34. The maximum absolute atomic E-state index is 13.6. The number of hydrogen-bond acceptors (Lipinski definition) is 11. The summed E-state index contributed by atoms with van der Waals surface area (Å²) < 4.78 is 0. The van der Waals surface area contributed by atoms with Crippen LogP contribution >= 0.6 is 0 Å². The first-order valence-corrected chi connectivity index (χ1v) is 16.1. The van der Waals surface area contributed by atoms with Crippen molar-refractivity contribution in [3.63, 3.8) is 0 Å². The van der Waals surface area contributed by atoms with Gasteiger partial charge < -0.3 is 58.3 Å². The molecule has 8 amide bonds. The molecule has 0 aromatic heterocycles. The van der Waals surface area contributed by atoms with Gasteiger partial charge in [0.15, 0.2) is 0 Å². The van der Waals surface area contributed by atoms with Crippen molar-refractivity contribution in [2.75, 3.05) is 6.54 Å². The van der Waals surface area contributed by atoms with Crippen LogP contribution in [0.1, 0.15) is 72.6 Å². The van der Waals surface area contributed by atoms with Crippen LogP contribution in [-0.4, -0.2) is 128 Å². The van der Waals surface area contributed by atoms with Gasteiger partial charge in [-0.05, 0) is 38.5 Å². The number of amides is 8. The lowest BCUT2D eigenvalue weighted by atomic mass is 10.0. The third-order valence-electron chi connectivity index (χ3n) is 7.82. The van der Waals surface area contributed by atoms with Gasteiger partial charge in [-0.2, -0.15) is 0 Å². The van der Waals surface area contributed by atoms with Gasteiger partial charge in [0.25, 0.3) is 0 Å². The van der Waals surface area contributed by atoms with E-state index in [1.807, 2.05) is 0 Å². The minimum absolute atomic E-state index is 0.00443. The van der Waals surface area contributed by atoms with E-state index in [1.165, 1.54) is 13.8 Å². The van der Waals surface area contributed by atoms with Crippen molar-refractivity contribution >= 4 is 59.2 Å². The lowest BCUT2D eigenvalue weighted by Crippen LogP contribution is -2.62. The molecule has 0 saturated carbocycles. The number of carbonyl (C=O) groups excluding carboxylic acids is 8. The molecular weight excluding hydrogens is 680 g/mol. The van der Waals surface area contributed by atoms with E-state index in [0.29, 0.717) is 6.42 Å². The van der Waals surface area contributed by atoms with Gasteiger partial charge in [-0.25, -0.2) is 0 Å². The van der Waals surface area contributed by atoms with Crippen LogP contribution in [0.4, 0.5) is 0 Å². The molecule has 1 fully saturated rings. The second-order valence-corrected chi connectivity index (χ2v) is 12.5. The highest BCUT2D eigenvalue weighted by atomic mass is 16.4. The van der Waals surface area contributed by atoms with Crippen LogP contribution in [0.2, 0.25) is 0 Å². The number of nitrogens with one attached hydrogen (secondary N) is 5. The summed E-state index contributed by atoms with van der Waals surface area (Å²) in [4.78, 5) is 125. The highest BCUT2D eigenvalue weighted by molar-refractivity contribution is 5.98. The van der Waals surface area contributed by atoms with Crippen LogP contribution in [0.15, 0.2) is 0 Å². The Labute approximate surface area is 293 Å². The second-order valence-electron chi connectivity index (χ2n) is 12.5. The molecule has 1 aliphatic rings. The number of carboxylic acid groups (broad SMARTS) is 2. The number of rotatable bonds is 21. The van der Waals surface area contributed by atoms with Crippen LogP contribution in [0.25, 0.3) is 0 Å². The number of carboxylic acids is 2. The van der Waals surface area contributed by atoms with Crippen LogP contribution in [-0.2, 0) is 47.9 Å². The number of nitrogens with zero attached hydrogens (tertiary/aromatic N) is 1. The average Bonchev–Trinajstić information content (AvgIpc) is 3.51. The normalized spacial score (nSPS) is 17.5. The summed E-state index contributed by atoms with van der Waals surface area (Å²) in [7, 11) is 0. The van der Waals surface area contributed by atoms with Crippen molar-refractivity contribution < 1.29 is 63.3 Å². The number of aliphatic hydroxyl groups is 1. The summed E-state index contributed by atoms with van der Waals surface area (Å²) in [5, 5.41) is 40.0. The molecule has 1 saturated heterocycles. The number of nitrogens with two attached hydrogens (primary N) is 2. The molecule has 1 rings (SSSR count). The second kappa shape index (κ2) is 20.4. The van der Waals surface area contributed by atoms with E-state index < -0.39 is 127 Å². The lowest BCUT2D eigenvalue weighted by molar-refractivity contribution is -0.145. The zero-order valence-electron chi connectivity index (χ0n) is 28.8. The van der Waals surface area contributed by atoms with E-state index >= 15 is 0 Å². The minimum atomic E-state index is -1.73. The van der Waals surface area contributed by atoms with Crippen LogP contribution in [0, 0.1) is 5.92 Å². The van der Waals surface area contributed by atoms with Gasteiger partial charge in [0, 0.05) is 26.3 Å². The maximum Gasteiger partial charge on any atom is 0.303 e. The van der Waals surface area contributed by atoms with E-state index in [2.05, 4.69) is 26.6 Å². The van der Waals surface area contributed by atoms with E-state index in [9.17, 15) is 53.1 Å². The summed E-state index contributed by atoms with van der Waals surface area (Å²) in [6, 6.07) is -8.68. The summed E-state index contributed by atoms with van der Waals surface area (Å²) in [5.41, 5.74) is 10.6. The average molecular weight is 729 g/mol. The summed E-state index contributed by atoms with van der Waals surface area (Å²) in [5.74, 6) is -10.6. The topological polar surface area (TPSA) is 347 Å². The third kappa shape index (κ3) is 14.6. The molecule has 1 aliphatic heterocycles. The fourth-order valence-electron chi connectivity index (χ4n) is 5.19. The number of primary amides is 2. The van der Waals surface area contributed by atoms with Crippen molar-refractivity contribution in [1.29, 1.82) is 0 Å². The molecule has 0 bridgehead atoms. The van der Waals surface area contributed by atoms with Gasteiger partial charge in [0.1, 0.15) is 36.3 Å². The summed E-state index contributed by atoms with van der Waals surface area (Å²) in [6.07, 6.45) is -3.51. The van der Waals surface area contributed by atoms with Crippen molar-refractivity contribution in [3.8, 4) is 0 Å². The van der Waals surface area contributed by atoms with E-state index in [1.54, 1.807) is 0 Å². The van der Waals surface area contributed by atoms with Gasteiger partial charge in [0.05, 0.1) is 12.5 Å². The molecule has 0 aromatic rings. The van der Waals surface area contributed by atoms with Crippen molar-refractivity contribution in [3.05, 3.63) is 0 Å². The first kappa shape index (κ1) is 43.7. The standard InChI is InChI=1S/C30H48N8O13/c1-13(2)23(36-26(47)17(33-15(4)40)8-10-22(44)45)29(50)35-18(12-20(31)41)27(48)37-24(14(3)39)30(51)38-11-5-6-19(38)28(49)34-16(25(32)46)7-9-21(42)43/h13-14,16-19,23-24,39H,5-12H2,1-4H3,(H2,31,41)(H2,32,46)(H,33,40)(H,34,49)(H,35,50)(H,36,47)(H,37,48)(H,42,43)(H,44,45)/t14-,16+,17+,18+,19+,23+,24+/m1/s1. The summed E-state index contributed by atoms with van der Waals surface area (Å²) >= 11 is 0. The molecule has 0 spiro atoms. The lowest BCUT2D eigenvalue weighted by Gasteiger charge is -2.32. The zero-order chi connectivity index (χ0) is 39.2. The van der Waals surface area contributed by atoms with Crippen molar-refractivity contribution in [1.82, 2.24) is 31.5 Å². The van der Waals surface area contributed by atoms with Gasteiger partial charge in [-0.3, -0.25) is 47.9 Å². The number of likely N-dealkylation sites (tertiary alicyclic amines) is 1. The SMILES string of the molecule is CC(=O)N[C@@H](CCC(=O)O)C(=O)N[C@H](C(=O)N[C@@H](CC(N)=O)C(=O)N[C@H](C(=O)N1CCC[C@H]1C(=O)N[C@@H](CCC(=O)O)C(N)=O)[C@@H](C)O)C(C)C. The number of aliphatic carboxylic acids is 2. The summed E-state index contributed by atoms with van der Waals surface area (Å²) in [6.45, 7) is 5.32. The van der Waals surface area contributed by atoms with Crippen molar-refractivity contribution in [2.24, 2.45) is 17.4 Å². The van der Waals surface area contributed by atoms with E-state index in [0.717, 1.165) is 18.7 Å². The molecule has 21 nitrogen and oxygen atoms in total. The minimum Gasteiger partial charge on any atom is -0.481 e. The van der Waals surface area contributed by atoms with Gasteiger partial charge in [-0.15, -0.1) is 0 Å². The Morgan fingerprint density at radius 2 is 1.25 bits per heavy atom. The monoisotopic (exact) mass is 728 g/mol. The maximum atomic E-state index is 13.6. The Morgan fingerprint density at radius 3 is 1.73 bits per heavy atom. The number of aliphatic hydroxyl groups excluding tert-OH is 1. The fourth-order valence-corrected chi connectivity index (χ4v) is 5.19. The van der Waals surface area contributed by atoms with Crippen LogP contribution in [0.3, 0.4) is 0 Å². The number of carbonyl (C=O) groups is 10. The van der Waals surface area contributed by atoms with E-state index in [4.69, 9.17) is 21.7 Å². The van der Waals surface area contributed by atoms with Gasteiger partial charge in [0.2, 0.25) is 47.3 Å². The zero-order valence-corrected chi connectivity index (χ0v) is 28.8. The Balaban J connectivity index is 3.19. The van der Waals surface area contributed by atoms with Gasteiger partial charge >= 0.3 is 11.9 Å².